The minimum Gasteiger partial charge on any atom is -0.320 e. The summed E-state index contributed by atoms with van der Waals surface area (Å²) in [5, 5.41) is 4.62. The standard InChI is InChI=1S/C17H22NO2P/c1-17(2,18-3)14-20-21(19,15-10-6-4-7-11-15)16-12-8-5-9-13-16/h4-13,18H,14H2,1-3H3. The van der Waals surface area contributed by atoms with E-state index >= 15 is 0 Å². The van der Waals surface area contributed by atoms with Crippen molar-refractivity contribution in [1.29, 1.82) is 0 Å². The Morgan fingerprint density at radius 3 is 1.76 bits per heavy atom. The predicted octanol–water partition coefficient (Wildman–Crippen LogP) is 2.93. The first-order valence-corrected chi connectivity index (χ1v) is 8.65. The molecule has 0 heterocycles. The maximum absolute atomic E-state index is 13.5. The molecule has 0 saturated heterocycles. The quantitative estimate of drug-likeness (QED) is 0.834. The van der Waals surface area contributed by atoms with Crippen molar-refractivity contribution in [2.45, 2.75) is 19.4 Å². The second-order valence-corrected chi connectivity index (χ2v) is 8.02. The lowest BCUT2D eigenvalue weighted by molar-refractivity contribution is 0.225. The molecule has 0 aliphatic rings. The summed E-state index contributed by atoms with van der Waals surface area (Å²) >= 11 is 0. The van der Waals surface area contributed by atoms with Crippen LogP contribution in [0.1, 0.15) is 13.8 Å². The van der Waals surface area contributed by atoms with Crippen LogP contribution in [0, 0.1) is 0 Å². The van der Waals surface area contributed by atoms with Gasteiger partial charge >= 0.3 is 0 Å². The number of hydrogen-bond acceptors (Lipinski definition) is 3. The third-order valence-corrected chi connectivity index (χ3v) is 5.92. The summed E-state index contributed by atoms with van der Waals surface area (Å²) < 4.78 is 19.5. The van der Waals surface area contributed by atoms with Gasteiger partial charge in [-0.05, 0) is 45.2 Å². The lowest BCUT2D eigenvalue weighted by Gasteiger charge is -2.27. The van der Waals surface area contributed by atoms with E-state index in [4.69, 9.17) is 4.52 Å². The van der Waals surface area contributed by atoms with Gasteiger partial charge in [-0.2, -0.15) is 0 Å². The number of benzene rings is 2. The number of rotatable bonds is 6. The van der Waals surface area contributed by atoms with Gasteiger partial charge in [0.15, 0.2) is 0 Å². The Kier molecular flexibility index (Phi) is 5.00. The largest absolute Gasteiger partial charge is 0.320 e. The van der Waals surface area contributed by atoms with Crippen LogP contribution < -0.4 is 15.9 Å². The Bertz CT molecular complexity index is 568. The first kappa shape index (κ1) is 16.0. The van der Waals surface area contributed by atoms with Crippen molar-refractivity contribution in [3.8, 4) is 0 Å². The van der Waals surface area contributed by atoms with E-state index in [-0.39, 0.29) is 5.54 Å². The summed E-state index contributed by atoms with van der Waals surface area (Å²) in [6.07, 6.45) is 0. The summed E-state index contributed by atoms with van der Waals surface area (Å²) in [5.74, 6) is 0. The second kappa shape index (κ2) is 6.57. The fraction of sp³-hybridized carbons (Fsp3) is 0.294. The van der Waals surface area contributed by atoms with Gasteiger partial charge in [0.05, 0.1) is 6.61 Å². The van der Waals surface area contributed by atoms with Gasteiger partial charge in [0.25, 0.3) is 7.37 Å². The topological polar surface area (TPSA) is 38.3 Å². The smallest absolute Gasteiger partial charge is 0.261 e. The molecular weight excluding hydrogens is 281 g/mol. The molecule has 0 atom stereocenters. The van der Waals surface area contributed by atoms with Crippen molar-refractivity contribution in [2.24, 2.45) is 0 Å². The van der Waals surface area contributed by atoms with Gasteiger partial charge < -0.3 is 9.84 Å². The highest BCUT2D eigenvalue weighted by Crippen LogP contribution is 2.45. The average molecular weight is 303 g/mol. The van der Waals surface area contributed by atoms with Gasteiger partial charge in [-0.1, -0.05) is 36.4 Å². The number of hydrogen-bond donors (Lipinski definition) is 1. The molecule has 0 aliphatic carbocycles. The lowest BCUT2D eigenvalue weighted by atomic mass is 10.1. The van der Waals surface area contributed by atoms with Crippen molar-refractivity contribution in [3.05, 3.63) is 60.7 Å². The van der Waals surface area contributed by atoms with Crippen molar-refractivity contribution < 1.29 is 9.09 Å². The molecule has 0 radical (unpaired) electrons. The molecule has 0 saturated carbocycles. The Hall–Kier alpha value is -1.41. The van der Waals surface area contributed by atoms with E-state index in [0.717, 1.165) is 10.6 Å². The van der Waals surface area contributed by atoms with Crippen LogP contribution in [0.15, 0.2) is 60.7 Å². The zero-order valence-corrected chi connectivity index (χ0v) is 13.6. The molecule has 0 spiro atoms. The van der Waals surface area contributed by atoms with Crippen molar-refractivity contribution in [1.82, 2.24) is 5.32 Å². The highest BCUT2D eigenvalue weighted by atomic mass is 31.2. The van der Waals surface area contributed by atoms with Crippen LogP contribution in [0.3, 0.4) is 0 Å². The van der Waals surface area contributed by atoms with Crippen LogP contribution in [-0.2, 0) is 9.09 Å². The van der Waals surface area contributed by atoms with Crippen molar-refractivity contribution in [2.75, 3.05) is 13.7 Å². The monoisotopic (exact) mass is 303 g/mol. The second-order valence-electron chi connectivity index (χ2n) is 5.63. The molecule has 112 valence electrons. The first-order chi connectivity index (χ1) is 9.98. The fourth-order valence-electron chi connectivity index (χ4n) is 1.87. The third-order valence-electron chi connectivity index (χ3n) is 3.48. The van der Waals surface area contributed by atoms with Crippen molar-refractivity contribution in [3.63, 3.8) is 0 Å². The zero-order valence-electron chi connectivity index (χ0n) is 12.7. The minimum absolute atomic E-state index is 0.237. The highest BCUT2D eigenvalue weighted by molar-refractivity contribution is 7.74. The van der Waals surface area contributed by atoms with Crippen LogP contribution in [0.25, 0.3) is 0 Å². The number of nitrogens with one attached hydrogen (secondary N) is 1. The zero-order chi connectivity index (χ0) is 15.3. The van der Waals surface area contributed by atoms with E-state index in [1.54, 1.807) is 0 Å². The predicted molar refractivity (Wildman–Crippen MR) is 88.8 cm³/mol. The highest BCUT2D eigenvalue weighted by Gasteiger charge is 2.30. The van der Waals surface area contributed by atoms with Crippen LogP contribution in [0.5, 0.6) is 0 Å². The molecule has 2 aromatic rings. The summed E-state index contributed by atoms with van der Waals surface area (Å²) in [4.78, 5) is 0. The van der Waals surface area contributed by atoms with Crippen LogP contribution in [0.4, 0.5) is 0 Å². The molecule has 4 heteroatoms. The number of likely N-dealkylation sites (N-methyl/N-ethyl adjacent to an activating group) is 1. The maximum atomic E-state index is 13.5. The molecule has 0 unspecified atom stereocenters. The molecule has 0 fully saturated rings. The maximum Gasteiger partial charge on any atom is 0.261 e. The van der Waals surface area contributed by atoms with Gasteiger partial charge in [0.2, 0.25) is 0 Å². The lowest BCUT2D eigenvalue weighted by Crippen LogP contribution is -2.41. The van der Waals surface area contributed by atoms with Gasteiger partial charge in [0, 0.05) is 16.1 Å². The van der Waals surface area contributed by atoms with E-state index in [1.165, 1.54) is 0 Å². The summed E-state index contributed by atoms with van der Waals surface area (Å²) in [6, 6.07) is 18.8. The Labute approximate surface area is 126 Å². The molecule has 0 amide bonds. The molecule has 0 aromatic heterocycles. The molecular formula is C17H22NO2P. The molecule has 1 N–H and O–H groups in total. The van der Waals surface area contributed by atoms with Crippen LogP contribution in [-0.4, -0.2) is 19.2 Å². The minimum atomic E-state index is -3.07. The Morgan fingerprint density at radius 2 is 1.38 bits per heavy atom. The van der Waals surface area contributed by atoms with Crippen molar-refractivity contribution >= 4 is 18.0 Å². The third kappa shape index (κ3) is 3.82. The van der Waals surface area contributed by atoms with Gasteiger partial charge in [-0.25, -0.2) is 0 Å². The summed E-state index contributed by atoms with van der Waals surface area (Å²) in [5.41, 5.74) is -0.237. The van der Waals surface area contributed by atoms with Crippen LogP contribution in [0.2, 0.25) is 0 Å². The molecule has 2 rings (SSSR count). The van der Waals surface area contributed by atoms with E-state index in [1.807, 2.05) is 81.6 Å². The Morgan fingerprint density at radius 1 is 0.952 bits per heavy atom. The SMILES string of the molecule is CNC(C)(C)COP(=O)(c1ccccc1)c1ccccc1. The van der Waals surface area contributed by atoms with E-state index < -0.39 is 7.37 Å². The van der Waals surface area contributed by atoms with Gasteiger partial charge in [-0.15, -0.1) is 0 Å². The van der Waals surface area contributed by atoms with E-state index in [9.17, 15) is 4.57 Å². The molecule has 21 heavy (non-hydrogen) atoms. The summed E-state index contributed by atoms with van der Waals surface area (Å²) in [6.45, 7) is 4.41. The molecule has 0 bridgehead atoms. The first-order valence-electron chi connectivity index (χ1n) is 7.03. The molecule has 0 aliphatic heterocycles. The average Bonchev–Trinajstić information content (AvgIpc) is 2.54. The summed E-state index contributed by atoms with van der Waals surface area (Å²) in [7, 11) is -1.20. The fourth-order valence-corrected chi connectivity index (χ4v) is 4.10. The molecule has 3 nitrogen and oxygen atoms in total. The Balaban J connectivity index is 2.39. The van der Waals surface area contributed by atoms with E-state index in [0.29, 0.717) is 6.61 Å². The van der Waals surface area contributed by atoms with Gasteiger partial charge in [0.1, 0.15) is 0 Å². The van der Waals surface area contributed by atoms with Gasteiger partial charge in [-0.3, -0.25) is 4.57 Å². The van der Waals surface area contributed by atoms with Crippen LogP contribution >= 0.6 is 7.37 Å². The van der Waals surface area contributed by atoms with E-state index in [2.05, 4.69) is 5.32 Å². The normalized spacial score (nSPS) is 12.3. The molecule has 2 aromatic carbocycles.